The maximum Gasteiger partial charge on any atom is 0.220 e. The van der Waals surface area contributed by atoms with Gasteiger partial charge in [-0.15, -0.1) is 0 Å². The maximum absolute atomic E-state index is 12.8. The molecule has 4 nitrogen and oxygen atoms in total. The monoisotopic (exact) mass is 264 g/mol. The molecule has 0 aliphatic carbocycles. The van der Waals surface area contributed by atoms with Crippen molar-refractivity contribution in [3.05, 3.63) is 30.1 Å². The largest absolute Gasteiger partial charge is 0.493 e. The third-order valence-electron chi connectivity index (χ3n) is 2.44. The summed E-state index contributed by atoms with van der Waals surface area (Å²) in [5.74, 6) is -0.184. The van der Waals surface area contributed by atoms with Crippen LogP contribution in [0, 0.1) is 23.1 Å². The van der Waals surface area contributed by atoms with Crippen molar-refractivity contribution >= 4 is 5.91 Å². The Hall–Kier alpha value is -2.09. The van der Waals surface area contributed by atoms with Gasteiger partial charge in [0.25, 0.3) is 0 Å². The van der Waals surface area contributed by atoms with E-state index in [1.807, 2.05) is 6.07 Å². The second-order valence-electron chi connectivity index (χ2n) is 4.24. The molecule has 0 spiro atoms. The summed E-state index contributed by atoms with van der Waals surface area (Å²) in [6, 6.07) is 7.92. The molecule has 0 radical (unpaired) electrons. The van der Waals surface area contributed by atoms with E-state index in [0.717, 1.165) is 0 Å². The van der Waals surface area contributed by atoms with Gasteiger partial charge in [-0.2, -0.15) is 5.26 Å². The standard InChI is InChI=1S/C14H17FN2O2/c1-11(9-16)10-17-14(18)6-3-7-19-13-5-2-4-12(15)8-13/h2,4-5,8,11H,3,6-7,10H2,1H3,(H,17,18)/t11-/m0/s1. The van der Waals surface area contributed by atoms with E-state index in [2.05, 4.69) is 5.32 Å². The SMILES string of the molecule is C[C@@H](C#N)CNC(=O)CCCOc1cccc(F)c1. The van der Waals surface area contributed by atoms with Crippen LogP contribution < -0.4 is 10.1 Å². The predicted octanol–water partition coefficient (Wildman–Crippen LogP) is 2.26. The molecule has 1 N–H and O–H groups in total. The quantitative estimate of drug-likeness (QED) is 0.768. The van der Waals surface area contributed by atoms with Gasteiger partial charge in [0.1, 0.15) is 11.6 Å². The molecule has 1 rings (SSSR count). The van der Waals surface area contributed by atoms with E-state index in [1.54, 1.807) is 19.1 Å². The van der Waals surface area contributed by atoms with Gasteiger partial charge in [-0.1, -0.05) is 6.07 Å². The number of amides is 1. The van der Waals surface area contributed by atoms with Gasteiger partial charge in [-0.25, -0.2) is 4.39 Å². The van der Waals surface area contributed by atoms with E-state index < -0.39 is 0 Å². The Morgan fingerprint density at radius 1 is 1.58 bits per heavy atom. The molecule has 1 atom stereocenters. The van der Waals surface area contributed by atoms with Crippen molar-refractivity contribution in [2.45, 2.75) is 19.8 Å². The number of halogens is 1. The number of benzene rings is 1. The first-order valence-electron chi connectivity index (χ1n) is 6.16. The molecule has 0 aromatic heterocycles. The van der Waals surface area contributed by atoms with Crippen molar-refractivity contribution in [2.75, 3.05) is 13.2 Å². The summed E-state index contributed by atoms with van der Waals surface area (Å²) in [4.78, 5) is 11.4. The van der Waals surface area contributed by atoms with Crippen LogP contribution in [0.1, 0.15) is 19.8 Å². The molecule has 0 bridgehead atoms. The highest BCUT2D eigenvalue weighted by atomic mass is 19.1. The van der Waals surface area contributed by atoms with Crippen molar-refractivity contribution in [2.24, 2.45) is 5.92 Å². The number of rotatable bonds is 7. The Balaban J connectivity index is 2.14. The molecule has 0 aliphatic heterocycles. The molecular formula is C14H17FN2O2. The van der Waals surface area contributed by atoms with Crippen molar-refractivity contribution in [1.82, 2.24) is 5.32 Å². The number of nitrogens with zero attached hydrogens (tertiary/aromatic N) is 1. The molecular weight excluding hydrogens is 247 g/mol. The van der Waals surface area contributed by atoms with Crippen LogP contribution in [-0.4, -0.2) is 19.1 Å². The summed E-state index contributed by atoms with van der Waals surface area (Å²) in [5.41, 5.74) is 0. The highest BCUT2D eigenvalue weighted by Crippen LogP contribution is 2.12. The molecule has 0 fully saturated rings. The molecule has 0 unspecified atom stereocenters. The zero-order chi connectivity index (χ0) is 14.1. The molecule has 1 amide bonds. The number of nitrogens with one attached hydrogen (secondary N) is 1. The van der Waals surface area contributed by atoms with Gasteiger partial charge in [-0.05, 0) is 25.5 Å². The lowest BCUT2D eigenvalue weighted by molar-refractivity contribution is -0.121. The second kappa shape index (κ2) is 8.09. The van der Waals surface area contributed by atoms with Gasteiger partial charge in [0.15, 0.2) is 0 Å². The highest BCUT2D eigenvalue weighted by Gasteiger charge is 2.04. The van der Waals surface area contributed by atoms with E-state index in [4.69, 9.17) is 10.00 Å². The lowest BCUT2D eigenvalue weighted by atomic mass is 10.2. The first kappa shape index (κ1) is 15.0. The van der Waals surface area contributed by atoms with Crippen LogP contribution in [0.15, 0.2) is 24.3 Å². The Bertz CT molecular complexity index is 457. The zero-order valence-corrected chi connectivity index (χ0v) is 10.9. The normalized spacial score (nSPS) is 11.4. The molecule has 19 heavy (non-hydrogen) atoms. The lowest BCUT2D eigenvalue weighted by Gasteiger charge is -2.07. The van der Waals surface area contributed by atoms with E-state index in [9.17, 15) is 9.18 Å². The fraction of sp³-hybridized carbons (Fsp3) is 0.429. The van der Waals surface area contributed by atoms with Crippen LogP contribution in [0.3, 0.4) is 0 Å². The number of nitriles is 1. The fourth-order valence-corrected chi connectivity index (χ4v) is 1.38. The van der Waals surface area contributed by atoms with E-state index in [-0.39, 0.29) is 17.6 Å². The molecule has 1 aromatic rings. The minimum absolute atomic E-state index is 0.107. The average Bonchev–Trinajstić information content (AvgIpc) is 2.41. The molecule has 0 saturated heterocycles. The van der Waals surface area contributed by atoms with Crippen LogP contribution in [0.5, 0.6) is 5.75 Å². The van der Waals surface area contributed by atoms with E-state index in [0.29, 0.717) is 31.7 Å². The lowest BCUT2D eigenvalue weighted by Crippen LogP contribution is -2.27. The van der Waals surface area contributed by atoms with Crippen LogP contribution in [0.25, 0.3) is 0 Å². The van der Waals surface area contributed by atoms with Crippen LogP contribution in [0.2, 0.25) is 0 Å². The summed E-state index contributed by atoms with van der Waals surface area (Å²) in [7, 11) is 0. The number of ether oxygens (including phenoxy) is 1. The minimum Gasteiger partial charge on any atom is -0.493 e. The van der Waals surface area contributed by atoms with Crippen molar-refractivity contribution in [3.8, 4) is 11.8 Å². The molecule has 102 valence electrons. The molecule has 5 heteroatoms. The number of hydrogen-bond acceptors (Lipinski definition) is 3. The Morgan fingerprint density at radius 2 is 2.37 bits per heavy atom. The highest BCUT2D eigenvalue weighted by molar-refractivity contribution is 5.75. The minimum atomic E-state index is -0.347. The van der Waals surface area contributed by atoms with Gasteiger partial charge in [0, 0.05) is 19.0 Å². The first-order chi connectivity index (χ1) is 9.11. The van der Waals surface area contributed by atoms with Crippen LogP contribution in [-0.2, 0) is 4.79 Å². The number of carbonyl (C=O) groups is 1. The van der Waals surface area contributed by atoms with Crippen molar-refractivity contribution in [3.63, 3.8) is 0 Å². The van der Waals surface area contributed by atoms with Crippen LogP contribution in [0.4, 0.5) is 4.39 Å². The summed E-state index contributed by atoms with van der Waals surface area (Å²) < 4.78 is 18.2. The molecule has 0 saturated carbocycles. The molecule has 0 aliphatic rings. The van der Waals surface area contributed by atoms with E-state index in [1.165, 1.54) is 12.1 Å². The summed E-state index contributed by atoms with van der Waals surface area (Å²) >= 11 is 0. The average molecular weight is 264 g/mol. The van der Waals surface area contributed by atoms with Gasteiger partial charge in [-0.3, -0.25) is 4.79 Å². The Labute approximate surface area is 112 Å². The van der Waals surface area contributed by atoms with Crippen molar-refractivity contribution < 1.29 is 13.9 Å². The van der Waals surface area contributed by atoms with Crippen molar-refractivity contribution in [1.29, 1.82) is 5.26 Å². The smallest absolute Gasteiger partial charge is 0.220 e. The summed E-state index contributed by atoms with van der Waals surface area (Å²) in [5, 5.41) is 11.2. The predicted molar refractivity (Wildman–Crippen MR) is 68.9 cm³/mol. The second-order valence-corrected chi connectivity index (χ2v) is 4.24. The summed E-state index contributed by atoms with van der Waals surface area (Å²) in [6.07, 6.45) is 0.872. The topological polar surface area (TPSA) is 62.1 Å². The number of hydrogen-bond donors (Lipinski definition) is 1. The van der Waals surface area contributed by atoms with Gasteiger partial charge >= 0.3 is 0 Å². The van der Waals surface area contributed by atoms with E-state index >= 15 is 0 Å². The van der Waals surface area contributed by atoms with Gasteiger partial charge in [0.05, 0.1) is 18.6 Å². The fourth-order valence-electron chi connectivity index (χ4n) is 1.38. The Morgan fingerprint density at radius 3 is 3.05 bits per heavy atom. The Kier molecular flexibility index (Phi) is 6.37. The third kappa shape index (κ3) is 6.41. The molecule has 1 aromatic carbocycles. The zero-order valence-electron chi connectivity index (χ0n) is 10.9. The maximum atomic E-state index is 12.8. The van der Waals surface area contributed by atoms with Gasteiger partial charge < -0.3 is 10.1 Å². The van der Waals surface area contributed by atoms with Crippen LogP contribution >= 0.6 is 0 Å². The summed E-state index contributed by atoms with van der Waals surface area (Å²) in [6.45, 7) is 2.46. The third-order valence-corrected chi connectivity index (χ3v) is 2.44. The number of carbonyl (C=O) groups excluding carboxylic acids is 1. The van der Waals surface area contributed by atoms with Gasteiger partial charge in [0.2, 0.25) is 5.91 Å². The molecule has 0 heterocycles. The first-order valence-corrected chi connectivity index (χ1v) is 6.16.